The molecular weight excluding hydrogens is 344 g/mol. The maximum absolute atomic E-state index is 6.49. The van der Waals surface area contributed by atoms with E-state index in [4.69, 9.17) is 11.6 Å². The monoisotopic (exact) mass is 368 g/mol. The summed E-state index contributed by atoms with van der Waals surface area (Å²) < 4.78 is 0. The highest BCUT2D eigenvalue weighted by atomic mass is 35.5. The van der Waals surface area contributed by atoms with Gasteiger partial charge in [-0.25, -0.2) is 4.98 Å². The van der Waals surface area contributed by atoms with Crippen LogP contribution >= 0.6 is 11.6 Å². The molecule has 1 aliphatic heterocycles. The van der Waals surface area contributed by atoms with Crippen LogP contribution in [0.25, 0.3) is 22.2 Å². The van der Waals surface area contributed by atoms with Gasteiger partial charge in [0.15, 0.2) is 0 Å². The Labute approximate surface area is 159 Å². The average Bonchev–Trinajstić information content (AvgIpc) is 3.03. The van der Waals surface area contributed by atoms with Crippen molar-refractivity contribution in [3.05, 3.63) is 53.3 Å². The topological polar surface area (TPSA) is 35.2 Å². The van der Waals surface area contributed by atoms with Gasteiger partial charge in [0.1, 0.15) is 5.15 Å². The molecule has 26 heavy (non-hydrogen) atoms. The van der Waals surface area contributed by atoms with E-state index in [0.717, 1.165) is 36.2 Å². The minimum Gasteiger partial charge on any atom is -0.354 e. The zero-order valence-corrected chi connectivity index (χ0v) is 16.1. The molecule has 136 valence electrons. The summed E-state index contributed by atoms with van der Waals surface area (Å²) in [5.41, 5.74) is 4.66. The van der Waals surface area contributed by atoms with E-state index >= 15 is 0 Å². The molecule has 3 aromatic rings. The molecule has 0 unspecified atom stereocenters. The molecule has 0 aliphatic carbocycles. The number of halogens is 1. The lowest BCUT2D eigenvalue weighted by atomic mass is 10.0. The number of likely N-dealkylation sites (tertiary alicyclic amines) is 1. The number of benzene rings is 1. The molecule has 2 aromatic heterocycles. The molecule has 4 rings (SSSR count). The van der Waals surface area contributed by atoms with E-state index in [2.05, 4.69) is 58.1 Å². The van der Waals surface area contributed by atoms with Crippen LogP contribution < -0.4 is 0 Å². The van der Waals surface area contributed by atoms with E-state index < -0.39 is 0 Å². The first kappa shape index (κ1) is 17.5. The summed E-state index contributed by atoms with van der Waals surface area (Å²) in [5.74, 6) is 0. The Morgan fingerprint density at radius 3 is 2.58 bits per heavy atom. The van der Waals surface area contributed by atoms with Crippen molar-refractivity contribution in [1.82, 2.24) is 19.8 Å². The second-order valence-electron chi connectivity index (χ2n) is 7.34. The van der Waals surface area contributed by atoms with Gasteiger partial charge < -0.3 is 9.88 Å². The van der Waals surface area contributed by atoms with Crippen molar-refractivity contribution in [1.29, 1.82) is 0 Å². The Morgan fingerprint density at radius 2 is 1.88 bits per heavy atom. The normalized spacial score (nSPS) is 16.6. The largest absolute Gasteiger partial charge is 0.354 e. The number of H-pyrrole nitrogens is 1. The molecule has 5 heteroatoms. The van der Waals surface area contributed by atoms with E-state index in [1.54, 1.807) is 6.20 Å². The van der Waals surface area contributed by atoms with Gasteiger partial charge in [-0.1, -0.05) is 41.9 Å². The predicted molar refractivity (Wildman–Crippen MR) is 109 cm³/mol. The molecular formula is C21H25ClN4. The Hall–Kier alpha value is -1.88. The lowest BCUT2D eigenvalue weighted by molar-refractivity contribution is 0.140. The number of nitrogens with zero attached hydrogens (tertiary/aromatic N) is 3. The fourth-order valence-electron chi connectivity index (χ4n) is 3.99. The maximum Gasteiger partial charge on any atom is 0.138 e. The van der Waals surface area contributed by atoms with E-state index in [9.17, 15) is 0 Å². The fraction of sp³-hybridized carbons (Fsp3) is 0.381. The quantitative estimate of drug-likeness (QED) is 0.693. The number of aromatic nitrogens is 2. The third kappa shape index (κ3) is 3.37. The summed E-state index contributed by atoms with van der Waals surface area (Å²) in [4.78, 5) is 12.8. The lowest BCUT2D eigenvalue weighted by Gasteiger charge is -2.35. The van der Waals surface area contributed by atoms with Crippen molar-refractivity contribution in [3.63, 3.8) is 0 Å². The van der Waals surface area contributed by atoms with Gasteiger partial charge in [-0.2, -0.15) is 0 Å². The SMILES string of the molecule is CN(C)C1CCN(Cc2c(-c3ccccc3)[nH]c3ccnc(Cl)c23)CC1. The van der Waals surface area contributed by atoms with E-state index in [1.807, 2.05) is 12.1 Å². The summed E-state index contributed by atoms with van der Waals surface area (Å²) in [6.07, 6.45) is 4.19. The highest BCUT2D eigenvalue weighted by Gasteiger charge is 2.23. The van der Waals surface area contributed by atoms with Crippen molar-refractivity contribution < 1.29 is 0 Å². The van der Waals surface area contributed by atoms with Gasteiger partial charge in [-0.3, -0.25) is 4.90 Å². The molecule has 0 atom stereocenters. The maximum atomic E-state index is 6.49. The van der Waals surface area contributed by atoms with Crippen LogP contribution in [0.3, 0.4) is 0 Å². The Morgan fingerprint density at radius 1 is 1.15 bits per heavy atom. The van der Waals surface area contributed by atoms with Crippen LogP contribution in [0.2, 0.25) is 5.15 Å². The molecule has 0 radical (unpaired) electrons. The summed E-state index contributed by atoms with van der Waals surface area (Å²) in [5, 5.41) is 1.64. The molecule has 0 saturated carbocycles. The third-order valence-corrected chi connectivity index (χ3v) is 5.79. The van der Waals surface area contributed by atoms with E-state index in [1.165, 1.54) is 24.0 Å². The third-order valence-electron chi connectivity index (χ3n) is 5.50. The van der Waals surface area contributed by atoms with Gasteiger partial charge in [0, 0.05) is 29.7 Å². The zero-order valence-electron chi connectivity index (χ0n) is 15.4. The zero-order chi connectivity index (χ0) is 18.1. The number of rotatable bonds is 4. The van der Waals surface area contributed by atoms with E-state index in [0.29, 0.717) is 11.2 Å². The van der Waals surface area contributed by atoms with Gasteiger partial charge >= 0.3 is 0 Å². The molecule has 0 amide bonds. The first-order valence-corrected chi connectivity index (χ1v) is 9.60. The molecule has 0 bridgehead atoms. The van der Waals surface area contributed by atoms with Crippen LogP contribution in [0.4, 0.5) is 0 Å². The molecule has 1 aromatic carbocycles. The van der Waals surface area contributed by atoms with Gasteiger partial charge in [0.25, 0.3) is 0 Å². The van der Waals surface area contributed by atoms with Crippen LogP contribution in [-0.4, -0.2) is 53.0 Å². The number of fused-ring (bicyclic) bond motifs is 1. The Bertz CT molecular complexity index is 880. The number of hydrogen-bond acceptors (Lipinski definition) is 3. The number of aromatic amines is 1. The van der Waals surface area contributed by atoms with Crippen molar-refractivity contribution in [2.75, 3.05) is 27.2 Å². The molecule has 1 aliphatic rings. The predicted octanol–water partition coefficient (Wildman–Crippen LogP) is 4.41. The van der Waals surface area contributed by atoms with Crippen molar-refractivity contribution in [3.8, 4) is 11.3 Å². The number of pyridine rings is 1. The second-order valence-corrected chi connectivity index (χ2v) is 7.70. The van der Waals surface area contributed by atoms with Crippen LogP contribution in [0.5, 0.6) is 0 Å². The Balaban J connectivity index is 1.69. The van der Waals surface area contributed by atoms with Crippen molar-refractivity contribution >= 4 is 22.5 Å². The van der Waals surface area contributed by atoms with E-state index in [-0.39, 0.29) is 0 Å². The fourth-order valence-corrected chi connectivity index (χ4v) is 4.26. The first-order valence-electron chi connectivity index (χ1n) is 9.22. The highest BCUT2D eigenvalue weighted by molar-refractivity contribution is 6.34. The molecule has 1 saturated heterocycles. The second kappa shape index (κ2) is 7.39. The summed E-state index contributed by atoms with van der Waals surface area (Å²) >= 11 is 6.49. The summed E-state index contributed by atoms with van der Waals surface area (Å²) in [6, 6.07) is 13.2. The van der Waals surface area contributed by atoms with Gasteiger partial charge in [0.2, 0.25) is 0 Å². The van der Waals surface area contributed by atoms with Crippen LogP contribution in [0.15, 0.2) is 42.6 Å². The first-order chi connectivity index (χ1) is 12.6. The smallest absolute Gasteiger partial charge is 0.138 e. The molecule has 1 fully saturated rings. The van der Waals surface area contributed by atoms with Crippen LogP contribution in [0, 0.1) is 0 Å². The molecule has 0 spiro atoms. The molecule has 4 nitrogen and oxygen atoms in total. The lowest BCUT2D eigenvalue weighted by Crippen LogP contribution is -2.41. The van der Waals surface area contributed by atoms with Crippen LogP contribution in [0.1, 0.15) is 18.4 Å². The number of nitrogens with one attached hydrogen (secondary N) is 1. The minimum atomic E-state index is 0.583. The van der Waals surface area contributed by atoms with Crippen molar-refractivity contribution in [2.24, 2.45) is 0 Å². The molecule has 3 heterocycles. The van der Waals surface area contributed by atoms with Crippen LogP contribution in [-0.2, 0) is 6.54 Å². The van der Waals surface area contributed by atoms with Crippen molar-refractivity contribution in [2.45, 2.75) is 25.4 Å². The number of piperidine rings is 1. The van der Waals surface area contributed by atoms with Gasteiger partial charge in [-0.15, -0.1) is 0 Å². The average molecular weight is 369 g/mol. The minimum absolute atomic E-state index is 0.583. The summed E-state index contributed by atoms with van der Waals surface area (Å²) in [7, 11) is 4.36. The summed E-state index contributed by atoms with van der Waals surface area (Å²) in [6.45, 7) is 3.12. The molecule has 1 N–H and O–H groups in total. The van der Waals surface area contributed by atoms with Gasteiger partial charge in [0.05, 0.1) is 11.2 Å². The highest BCUT2D eigenvalue weighted by Crippen LogP contribution is 2.35. The Kier molecular flexibility index (Phi) is 4.98. The van der Waals surface area contributed by atoms with Gasteiger partial charge in [-0.05, 0) is 51.7 Å². The standard InChI is InChI=1S/C21H25ClN4/c1-25(2)16-9-12-26(13-10-16)14-17-19-18(8-11-23-21(19)22)24-20(17)15-6-4-3-5-7-15/h3-8,11,16,24H,9-10,12-14H2,1-2H3. The number of hydrogen-bond donors (Lipinski definition) is 1.